The fourth-order valence-corrected chi connectivity index (χ4v) is 3.91. The molecule has 150 valence electrons. The van der Waals surface area contributed by atoms with Gasteiger partial charge >= 0.3 is 0 Å². The average molecular weight is 401 g/mol. The van der Waals surface area contributed by atoms with Crippen molar-refractivity contribution in [3.63, 3.8) is 0 Å². The van der Waals surface area contributed by atoms with Crippen molar-refractivity contribution in [2.45, 2.75) is 46.2 Å². The van der Waals surface area contributed by atoms with E-state index in [0.29, 0.717) is 24.0 Å². The quantitative estimate of drug-likeness (QED) is 0.550. The number of nitrogens with zero attached hydrogens (tertiary/aromatic N) is 4. The normalized spacial score (nSPS) is 11.8. The van der Waals surface area contributed by atoms with Crippen LogP contribution in [0.3, 0.4) is 0 Å². The molecule has 7 heteroatoms. The summed E-state index contributed by atoms with van der Waals surface area (Å²) in [5.41, 5.74) is 3.23. The standard InChI is InChI=1S/C21H28N4O2S/c1-5-19-23-25-20(26)12-18(22-21(25)28-19)14-24(10-11-27-4)13-16-6-8-17(9-7-16)15(2)3/h6-9,12,15H,5,10-11,13-14H2,1-4H3. The first-order valence-corrected chi connectivity index (χ1v) is 10.5. The molecule has 0 saturated carbocycles. The van der Waals surface area contributed by atoms with Crippen LogP contribution in [0, 0.1) is 0 Å². The van der Waals surface area contributed by atoms with Gasteiger partial charge in [-0.05, 0) is 23.5 Å². The van der Waals surface area contributed by atoms with Gasteiger partial charge in [0.2, 0.25) is 4.96 Å². The molecule has 0 N–H and O–H groups in total. The predicted molar refractivity (Wildman–Crippen MR) is 113 cm³/mol. The Balaban J connectivity index is 1.79. The zero-order chi connectivity index (χ0) is 20.1. The summed E-state index contributed by atoms with van der Waals surface area (Å²) in [5.74, 6) is 0.523. The number of ether oxygens (including phenoxy) is 1. The van der Waals surface area contributed by atoms with Gasteiger partial charge in [0.1, 0.15) is 5.01 Å². The first kappa shape index (κ1) is 20.6. The Kier molecular flexibility index (Phi) is 6.93. The second kappa shape index (κ2) is 9.41. The zero-order valence-corrected chi connectivity index (χ0v) is 17.8. The molecule has 0 fully saturated rings. The predicted octanol–water partition coefficient (Wildman–Crippen LogP) is 3.49. The fourth-order valence-electron chi connectivity index (χ4n) is 3.05. The third-order valence-corrected chi connectivity index (χ3v) is 5.74. The van der Waals surface area contributed by atoms with Crippen molar-refractivity contribution in [2.75, 3.05) is 20.3 Å². The van der Waals surface area contributed by atoms with E-state index < -0.39 is 0 Å². The molecule has 3 rings (SSSR count). The summed E-state index contributed by atoms with van der Waals surface area (Å²) >= 11 is 1.48. The molecule has 2 aromatic heterocycles. The summed E-state index contributed by atoms with van der Waals surface area (Å²) in [5, 5.41) is 5.24. The highest BCUT2D eigenvalue weighted by Crippen LogP contribution is 2.17. The van der Waals surface area contributed by atoms with Gasteiger partial charge in [0.15, 0.2) is 0 Å². The van der Waals surface area contributed by atoms with Crippen LogP contribution in [0.5, 0.6) is 0 Å². The molecule has 0 aliphatic rings. The lowest BCUT2D eigenvalue weighted by Gasteiger charge is -2.22. The van der Waals surface area contributed by atoms with Gasteiger partial charge in [0.25, 0.3) is 5.56 Å². The molecule has 0 amide bonds. The number of aryl methyl sites for hydroxylation is 1. The highest BCUT2D eigenvalue weighted by molar-refractivity contribution is 7.16. The van der Waals surface area contributed by atoms with Gasteiger partial charge in [-0.3, -0.25) is 9.69 Å². The minimum absolute atomic E-state index is 0.121. The highest BCUT2D eigenvalue weighted by Gasteiger charge is 2.12. The van der Waals surface area contributed by atoms with Crippen molar-refractivity contribution < 1.29 is 4.74 Å². The van der Waals surface area contributed by atoms with E-state index >= 15 is 0 Å². The van der Waals surface area contributed by atoms with Gasteiger partial charge in [0, 0.05) is 32.8 Å². The molecule has 3 aromatic rings. The first-order valence-electron chi connectivity index (χ1n) is 9.69. The van der Waals surface area contributed by atoms with Crippen LogP contribution < -0.4 is 5.56 Å². The maximum Gasteiger partial charge on any atom is 0.275 e. The van der Waals surface area contributed by atoms with Gasteiger partial charge in [-0.15, -0.1) is 0 Å². The average Bonchev–Trinajstić information content (AvgIpc) is 3.10. The lowest BCUT2D eigenvalue weighted by atomic mass is 10.0. The Morgan fingerprint density at radius 3 is 2.61 bits per heavy atom. The summed E-state index contributed by atoms with van der Waals surface area (Å²) in [6, 6.07) is 10.3. The van der Waals surface area contributed by atoms with Gasteiger partial charge in [-0.1, -0.05) is 56.4 Å². The Morgan fingerprint density at radius 2 is 1.96 bits per heavy atom. The summed E-state index contributed by atoms with van der Waals surface area (Å²) in [7, 11) is 1.70. The molecule has 0 spiro atoms. The van der Waals surface area contributed by atoms with Gasteiger partial charge in [-0.2, -0.15) is 9.61 Å². The molecule has 0 radical (unpaired) electrons. The number of hydrogen-bond acceptors (Lipinski definition) is 6. The SMILES string of the molecule is CCc1nn2c(=O)cc(CN(CCOC)Cc3ccc(C(C)C)cc3)nc2s1. The lowest BCUT2D eigenvalue weighted by molar-refractivity contribution is 0.139. The molecule has 0 unspecified atom stereocenters. The number of benzene rings is 1. The van der Waals surface area contributed by atoms with Crippen LogP contribution in [-0.2, 0) is 24.2 Å². The second-order valence-corrected chi connectivity index (χ2v) is 8.27. The van der Waals surface area contributed by atoms with Gasteiger partial charge < -0.3 is 4.74 Å². The number of aromatic nitrogens is 3. The smallest absolute Gasteiger partial charge is 0.275 e. The molecule has 6 nitrogen and oxygen atoms in total. The van der Waals surface area contributed by atoms with E-state index in [1.165, 1.54) is 27.0 Å². The Labute approximate surface area is 169 Å². The number of methoxy groups -OCH3 is 1. The van der Waals surface area contributed by atoms with Crippen LogP contribution in [0.2, 0.25) is 0 Å². The molecule has 0 atom stereocenters. The Bertz CT molecular complexity index is 963. The molecular weight excluding hydrogens is 372 g/mol. The Hall–Kier alpha value is -2.09. The lowest BCUT2D eigenvalue weighted by Crippen LogP contribution is -2.28. The third kappa shape index (κ3) is 5.04. The van der Waals surface area contributed by atoms with Crippen LogP contribution in [0.15, 0.2) is 35.1 Å². The van der Waals surface area contributed by atoms with Crippen molar-refractivity contribution in [3.8, 4) is 0 Å². The van der Waals surface area contributed by atoms with Crippen LogP contribution in [-0.4, -0.2) is 39.8 Å². The largest absolute Gasteiger partial charge is 0.383 e. The van der Waals surface area contributed by atoms with Crippen molar-refractivity contribution in [1.82, 2.24) is 19.5 Å². The molecular formula is C21H28N4O2S. The van der Waals surface area contributed by atoms with Crippen LogP contribution in [0.4, 0.5) is 0 Å². The maximum absolute atomic E-state index is 12.4. The van der Waals surface area contributed by atoms with Crippen molar-refractivity contribution >= 4 is 16.3 Å². The van der Waals surface area contributed by atoms with Crippen molar-refractivity contribution in [2.24, 2.45) is 0 Å². The minimum atomic E-state index is -0.121. The number of rotatable bonds is 9. The van der Waals surface area contributed by atoms with E-state index in [4.69, 9.17) is 4.74 Å². The topological polar surface area (TPSA) is 59.7 Å². The summed E-state index contributed by atoms with van der Waals surface area (Å²) in [6.45, 7) is 9.21. The van der Waals surface area contributed by atoms with Crippen LogP contribution in [0.1, 0.15) is 48.5 Å². The summed E-state index contributed by atoms with van der Waals surface area (Å²) < 4.78 is 6.67. The number of hydrogen-bond donors (Lipinski definition) is 0. The van der Waals surface area contributed by atoms with Crippen molar-refractivity contribution in [3.05, 3.63) is 62.5 Å². The van der Waals surface area contributed by atoms with E-state index in [9.17, 15) is 4.79 Å². The van der Waals surface area contributed by atoms with E-state index in [1.807, 2.05) is 6.92 Å². The van der Waals surface area contributed by atoms with Crippen LogP contribution >= 0.6 is 11.3 Å². The zero-order valence-electron chi connectivity index (χ0n) is 17.0. The van der Waals surface area contributed by atoms with E-state index in [1.54, 1.807) is 13.2 Å². The molecule has 0 aliphatic heterocycles. The van der Waals surface area contributed by atoms with Gasteiger partial charge in [0.05, 0.1) is 12.3 Å². The minimum Gasteiger partial charge on any atom is -0.383 e. The van der Waals surface area contributed by atoms with E-state index in [-0.39, 0.29) is 5.56 Å². The first-order chi connectivity index (χ1) is 13.5. The molecule has 1 aromatic carbocycles. The molecule has 0 aliphatic carbocycles. The van der Waals surface area contributed by atoms with E-state index in [2.05, 4.69) is 53.1 Å². The maximum atomic E-state index is 12.4. The van der Waals surface area contributed by atoms with Crippen molar-refractivity contribution in [1.29, 1.82) is 0 Å². The summed E-state index contributed by atoms with van der Waals surface area (Å²) in [6.07, 6.45) is 0.801. The third-order valence-electron chi connectivity index (χ3n) is 4.69. The van der Waals surface area contributed by atoms with E-state index in [0.717, 1.165) is 30.2 Å². The number of fused-ring (bicyclic) bond motifs is 1. The molecule has 2 heterocycles. The molecule has 28 heavy (non-hydrogen) atoms. The fraction of sp³-hybridized carbons (Fsp3) is 0.476. The highest BCUT2D eigenvalue weighted by atomic mass is 32.1. The van der Waals surface area contributed by atoms with Crippen LogP contribution in [0.25, 0.3) is 4.96 Å². The summed E-state index contributed by atoms with van der Waals surface area (Å²) in [4.78, 5) is 20.0. The molecule has 0 bridgehead atoms. The monoisotopic (exact) mass is 400 g/mol. The van der Waals surface area contributed by atoms with Gasteiger partial charge in [-0.25, -0.2) is 4.98 Å². The Morgan fingerprint density at radius 1 is 1.21 bits per heavy atom. The molecule has 0 saturated heterocycles. The second-order valence-electron chi connectivity index (χ2n) is 7.23.